The predicted octanol–water partition coefficient (Wildman–Crippen LogP) is 2.04. The van der Waals surface area contributed by atoms with E-state index in [0.717, 1.165) is 10.9 Å². The van der Waals surface area contributed by atoms with Crippen molar-refractivity contribution in [3.05, 3.63) is 16.6 Å². The number of carbonyl (C=O) groups is 1. The molecule has 60 valence electrons. The lowest BCUT2D eigenvalue weighted by atomic mass is 10.4. The molecule has 0 amide bonds. The molecule has 1 aromatic heterocycles. The fourth-order valence-corrected chi connectivity index (χ4v) is 1.65. The number of halogens is 1. The molecular weight excluding hydrogens is 208 g/mol. The molecule has 4 heteroatoms. The van der Waals surface area contributed by atoms with Gasteiger partial charge in [-0.1, -0.05) is 0 Å². The minimum Gasteiger partial charge on any atom is -0.314 e. The summed E-state index contributed by atoms with van der Waals surface area (Å²) in [5.41, 5.74) is 0. The Bertz CT molecular complexity index is 267. The maximum Gasteiger partial charge on any atom is 0.185 e. The lowest BCUT2D eigenvalue weighted by molar-refractivity contribution is 0.110. The summed E-state index contributed by atoms with van der Waals surface area (Å²) in [5, 5.41) is 0. The second kappa shape index (κ2) is 3.17. The first-order chi connectivity index (χ1) is 5.16. The lowest BCUT2D eigenvalue weighted by Gasteiger charge is -2.08. The van der Waals surface area contributed by atoms with E-state index in [0.29, 0.717) is 5.82 Å². The predicted molar refractivity (Wildman–Crippen MR) is 45.7 cm³/mol. The van der Waals surface area contributed by atoms with Crippen molar-refractivity contribution in [3.63, 3.8) is 0 Å². The average molecular weight is 217 g/mol. The molecule has 1 heterocycles. The molecule has 11 heavy (non-hydrogen) atoms. The van der Waals surface area contributed by atoms with Crippen LogP contribution in [0.5, 0.6) is 0 Å². The molecule has 0 aliphatic heterocycles. The van der Waals surface area contributed by atoms with Crippen LogP contribution in [0.2, 0.25) is 0 Å². The molecule has 0 fully saturated rings. The highest BCUT2D eigenvalue weighted by molar-refractivity contribution is 9.10. The van der Waals surface area contributed by atoms with Gasteiger partial charge in [0.25, 0.3) is 0 Å². The van der Waals surface area contributed by atoms with Gasteiger partial charge >= 0.3 is 0 Å². The molecule has 0 saturated carbocycles. The summed E-state index contributed by atoms with van der Waals surface area (Å²) in [6, 6.07) is 0.257. The van der Waals surface area contributed by atoms with E-state index in [9.17, 15) is 4.79 Å². The molecule has 3 nitrogen and oxygen atoms in total. The number of rotatable bonds is 2. The summed E-state index contributed by atoms with van der Waals surface area (Å²) in [6.45, 7) is 4.00. The molecule has 0 bridgehead atoms. The molecule has 1 aromatic rings. The van der Waals surface area contributed by atoms with Gasteiger partial charge < -0.3 is 4.57 Å². The fourth-order valence-electron chi connectivity index (χ4n) is 0.952. The molecular formula is C7H9BrN2O. The van der Waals surface area contributed by atoms with Gasteiger partial charge in [-0.15, -0.1) is 0 Å². The van der Waals surface area contributed by atoms with Crippen LogP contribution in [0.1, 0.15) is 30.5 Å². The topological polar surface area (TPSA) is 34.9 Å². The Morgan fingerprint density at radius 3 is 2.73 bits per heavy atom. The number of hydrogen-bond acceptors (Lipinski definition) is 2. The normalized spacial score (nSPS) is 10.5. The first-order valence-corrected chi connectivity index (χ1v) is 4.14. The molecule has 0 saturated heterocycles. The Balaban J connectivity index is 3.17. The van der Waals surface area contributed by atoms with E-state index >= 15 is 0 Å². The van der Waals surface area contributed by atoms with Crippen LogP contribution in [-0.2, 0) is 0 Å². The van der Waals surface area contributed by atoms with Gasteiger partial charge in [0, 0.05) is 6.04 Å². The molecule has 0 radical (unpaired) electrons. The van der Waals surface area contributed by atoms with Crippen molar-refractivity contribution in [2.75, 3.05) is 0 Å². The monoisotopic (exact) mass is 216 g/mol. The second-order valence-corrected chi connectivity index (χ2v) is 3.33. The molecule has 0 spiro atoms. The molecule has 0 aromatic carbocycles. The van der Waals surface area contributed by atoms with Gasteiger partial charge in [-0.25, -0.2) is 4.98 Å². The molecule has 0 N–H and O–H groups in total. The maximum atomic E-state index is 10.4. The number of aldehydes is 1. The van der Waals surface area contributed by atoms with E-state index in [2.05, 4.69) is 20.9 Å². The molecule has 1 rings (SSSR count). The number of hydrogen-bond donors (Lipinski definition) is 0. The molecule has 0 aliphatic rings. The van der Waals surface area contributed by atoms with Crippen molar-refractivity contribution in [1.82, 2.24) is 9.55 Å². The van der Waals surface area contributed by atoms with Gasteiger partial charge in [-0.05, 0) is 29.8 Å². The van der Waals surface area contributed by atoms with E-state index in [1.165, 1.54) is 0 Å². The number of carbonyl (C=O) groups excluding carboxylic acids is 1. The number of imidazole rings is 1. The van der Waals surface area contributed by atoms with Crippen LogP contribution in [0, 0.1) is 0 Å². The summed E-state index contributed by atoms with van der Waals surface area (Å²) in [5.74, 6) is 0.465. The van der Waals surface area contributed by atoms with Crippen LogP contribution < -0.4 is 0 Å². The highest BCUT2D eigenvalue weighted by Gasteiger charge is 2.08. The molecule has 0 aliphatic carbocycles. The van der Waals surface area contributed by atoms with Crippen molar-refractivity contribution in [1.29, 1.82) is 0 Å². The zero-order valence-electron chi connectivity index (χ0n) is 6.41. The van der Waals surface area contributed by atoms with E-state index in [-0.39, 0.29) is 6.04 Å². The summed E-state index contributed by atoms with van der Waals surface area (Å²) >= 11 is 3.30. The lowest BCUT2D eigenvalue weighted by Crippen LogP contribution is -2.05. The van der Waals surface area contributed by atoms with Crippen molar-refractivity contribution in [2.45, 2.75) is 19.9 Å². The largest absolute Gasteiger partial charge is 0.314 e. The first-order valence-electron chi connectivity index (χ1n) is 3.34. The van der Waals surface area contributed by atoms with Gasteiger partial charge in [0.1, 0.15) is 4.60 Å². The maximum absolute atomic E-state index is 10.4. The fraction of sp³-hybridized carbons (Fsp3) is 0.429. The Morgan fingerprint density at radius 2 is 2.36 bits per heavy atom. The Labute approximate surface area is 73.6 Å². The standard InChI is InChI=1S/C7H9BrN2O/c1-5(2)10-6(8)3-9-7(10)4-11/h3-5H,1-2H3. The van der Waals surface area contributed by atoms with Crippen LogP contribution in [-0.4, -0.2) is 15.8 Å². The van der Waals surface area contributed by atoms with Gasteiger partial charge in [0.2, 0.25) is 0 Å². The summed E-state index contributed by atoms with van der Waals surface area (Å²) in [6.07, 6.45) is 2.38. The van der Waals surface area contributed by atoms with E-state index < -0.39 is 0 Å². The third kappa shape index (κ3) is 1.50. The summed E-state index contributed by atoms with van der Waals surface area (Å²) in [7, 11) is 0. The van der Waals surface area contributed by atoms with Crippen LogP contribution >= 0.6 is 15.9 Å². The minimum absolute atomic E-state index is 0.257. The van der Waals surface area contributed by atoms with E-state index in [1.807, 2.05) is 18.4 Å². The quantitative estimate of drug-likeness (QED) is 0.710. The highest BCUT2D eigenvalue weighted by Crippen LogP contribution is 2.17. The summed E-state index contributed by atoms with van der Waals surface area (Å²) in [4.78, 5) is 14.3. The average Bonchev–Trinajstić information content (AvgIpc) is 2.30. The third-order valence-electron chi connectivity index (χ3n) is 1.40. The van der Waals surface area contributed by atoms with Crippen molar-refractivity contribution >= 4 is 22.2 Å². The van der Waals surface area contributed by atoms with Gasteiger partial charge in [0.15, 0.2) is 12.1 Å². The number of nitrogens with zero attached hydrogens (tertiary/aromatic N) is 2. The minimum atomic E-state index is 0.257. The van der Waals surface area contributed by atoms with Crippen molar-refractivity contribution < 1.29 is 4.79 Å². The Hall–Kier alpha value is -0.640. The van der Waals surface area contributed by atoms with Gasteiger partial charge in [-0.2, -0.15) is 0 Å². The van der Waals surface area contributed by atoms with Crippen LogP contribution in [0.15, 0.2) is 10.8 Å². The zero-order chi connectivity index (χ0) is 8.43. The number of aromatic nitrogens is 2. The van der Waals surface area contributed by atoms with Crippen molar-refractivity contribution in [2.24, 2.45) is 0 Å². The van der Waals surface area contributed by atoms with E-state index in [4.69, 9.17) is 0 Å². The molecule has 0 unspecified atom stereocenters. The second-order valence-electron chi connectivity index (χ2n) is 2.52. The van der Waals surface area contributed by atoms with Crippen molar-refractivity contribution in [3.8, 4) is 0 Å². The van der Waals surface area contributed by atoms with Gasteiger partial charge in [-0.3, -0.25) is 4.79 Å². The third-order valence-corrected chi connectivity index (χ3v) is 1.99. The highest BCUT2D eigenvalue weighted by atomic mass is 79.9. The van der Waals surface area contributed by atoms with Crippen LogP contribution in [0.25, 0.3) is 0 Å². The first kappa shape index (κ1) is 8.46. The SMILES string of the molecule is CC(C)n1c(Br)cnc1C=O. The Morgan fingerprint density at radius 1 is 1.73 bits per heavy atom. The smallest absolute Gasteiger partial charge is 0.185 e. The Kier molecular flexibility index (Phi) is 2.44. The summed E-state index contributed by atoms with van der Waals surface area (Å²) < 4.78 is 2.67. The van der Waals surface area contributed by atoms with Crippen LogP contribution in [0.3, 0.4) is 0 Å². The zero-order valence-corrected chi connectivity index (χ0v) is 8.00. The molecule has 0 atom stereocenters. The van der Waals surface area contributed by atoms with E-state index in [1.54, 1.807) is 6.20 Å². The van der Waals surface area contributed by atoms with Crippen LogP contribution in [0.4, 0.5) is 0 Å². The van der Waals surface area contributed by atoms with Gasteiger partial charge in [0.05, 0.1) is 6.20 Å².